The monoisotopic (exact) mass is 592 g/mol. The third-order valence-electron chi connectivity index (χ3n) is 6.75. The van der Waals surface area contributed by atoms with E-state index in [2.05, 4.69) is 10.6 Å². The van der Waals surface area contributed by atoms with Gasteiger partial charge in [0.25, 0.3) is 11.8 Å². The van der Waals surface area contributed by atoms with E-state index in [0.717, 1.165) is 5.56 Å². The number of esters is 2. The van der Waals surface area contributed by atoms with Gasteiger partial charge >= 0.3 is 11.9 Å². The molecule has 0 unspecified atom stereocenters. The van der Waals surface area contributed by atoms with Gasteiger partial charge in [-0.25, -0.2) is 9.59 Å². The molecule has 0 fully saturated rings. The Labute approximate surface area is 254 Å². The quantitative estimate of drug-likeness (QED) is 0.115. The number of amidine groups is 1. The van der Waals surface area contributed by atoms with Crippen molar-refractivity contribution in [3.63, 3.8) is 0 Å². The van der Waals surface area contributed by atoms with Crippen molar-refractivity contribution in [2.75, 3.05) is 12.4 Å². The molecule has 0 aliphatic rings. The fourth-order valence-corrected chi connectivity index (χ4v) is 4.40. The van der Waals surface area contributed by atoms with Gasteiger partial charge in [0.15, 0.2) is 0 Å². The number of nitrogen functional groups attached to an aromatic ring is 1. The molecule has 5 N–H and O–H groups in total. The lowest BCUT2D eigenvalue weighted by molar-refractivity contribution is -0.146. The highest BCUT2D eigenvalue weighted by molar-refractivity contribution is 6.11. The maximum Gasteiger partial charge on any atom is 0.339 e. The van der Waals surface area contributed by atoms with Crippen LogP contribution in [-0.4, -0.2) is 42.2 Å². The molecule has 0 heterocycles. The van der Waals surface area contributed by atoms with Crippen LogP contribution in [0, 0.1) is 5.41 Å². The number of methoxy groups -OCH3 is 1. The maximum absolute atomic E-state index is 13.5. The zero-order valence-electron chi connectivity index (χ0n) is 24.5. The number of amides is 2. The molecule has 44 heavy (non-hydrogen) atoms. The summed E-state index contributed by atoms with van der Waals surface area (Å²) in [6.45, 7) is 2.99. The van der Waals surface area contributed by atoms with Crippen LogP contribution in [0.15, 0.2) is 97.1 Å². The standard InChI is InChI=1S/C34H32N4O6/c1-34(2,33(42)43-3)38-30(39)23-15-18-26(28(19-23)32(41)44-20-21-9-5-4-6-10-21)25-11-7-8-12-27(25)31(40)37-24-16-13-22(14-17-24)29(35)36/h4-19H,20H2,1-3H3,(H3,35,36)(H,37,40)(H,38,39). The molecule has 10 heteroatoms. The summed E-state index contributed by atoms with van der Waals surface area (Å²) in [6.07, 6.45) is 0. The van der Waals surface area contributed by atoms with Crippen molar-refractivity contribution in [3.05, 3.63) is 125 Å². The Hall–Kier alpha value is -5.77. The van der Waals surface area contributed by atoms with Crippen LogP contribution >= 0.6 is 0 Å². The predicted molar refractivity (Wildman–Crippen MR) is 166 cm³/mol. The van der Waals surface area contributed by atoms with E-state index < -0.39 is 29.3 Å². The number of carbonyl (C=O) groups excluding carboxylic acids is 4. The van der Waals surface area contributed by atoms with Crippen LogP contribution in [0.1, 0.15) is 56.0 Å². The van der Waals surface area contributed by atoms with Crippen LogP contribution in [0.5, 0.6) is 0 Å². The molecule has 0 spiro atoms. The lowest BCUT2D eigenvalue weighted by Gasteiger charge is -2.23. The summed E-state index contributed by atoms with van der Waals surface area (Å²) in [5.74, 6) is -2.49. The molecule has 0 saturated carbocycles. The Balaban J connectivity index is 1.71. The van der Waals surface area contributed by atoms with Crippen molar-refractivity contribution < 1.29 is 28.7 Å². The molecule has 0 aliphatic carbocycles. The molecule has 4 rings (SSSR count). The van der Waals surface area contributed by atoms with Crippen LogP contribution in [0.2, 0.25) is 0 Å². The second-order valence-corrected chi connectivity index (χ2v) is 10.4. The van der Waals surface area contributed by atoms with Gasteiger partial charge in [0.05, 0.1) is 12.7 Å². The zero-order valence-corrected chi connectivity index (χ0v) is 24.5. The lowest BCUT2D eigenvalue weighted by Crippen LogP contribution is -2.50. The number of nitrogens with two attached hydrogens (primary N) is 1. The van der Waals surface area contributed by atoms with Gasteiger partial charge in [0, 0.05) is 22.4 Å². The summed E-state index contributed by atoms with van der Waals surface area (Å²) >= 11 is 0. The number of rotatable bonds is 10. The first-order valence-electron chi connectivity index (χ1n) is 13.6. The van der Waals surface area contributed by atoms with Crippen LogP contribution in [0.4, 0.5) is 5.69 Å². The second-order valence-electron chi connectivity index (χ2n) is 10.4. The molecule has 0 atom stereocenters. The predicted octanol–water partition coefficient (Wildman–Crippen LogP) is 4.93. The number of hydrogen-bond donors (Lipinski definition) is 4. The molecule has 0 saturated heterocycles. The Morgan fingerprint density at radius 1 is 0.773 bits per heavy atom. The van der Waals surface area contributed by atoms with E-state index >= 15 is 0 Å². The van der Waals surface area contributed by atoms with Gasteiger partial charge in [-0.1, -0.05) is 54.6 Å². The van der Waals surface area contributed by atoms with Gasteiger partial charge < -0.3 is 25.8 Å². The molecule has 0 bridgehead atoms. The van der Waals surface area contributed by atoms with Crippen LogP contribution in [0.3, 0.4) is 0 Å². The molecule has 0 aromatic heterocycles. The summed E-state index contributed by atoms with van der Waals surface area (Å²) in [7, 11) is 1.22. The number of hydrogen-bond acceptors (Lipinski definition) is 7. The molecular weight excluding hydrogens is 560 g/mol. The first-order valence-corrected chi connectivity index (χ1v) is 13.6. The molecule has 224 valence electrons. The van der Waals surface area contributed by atoms with Gasteiger partial charge in [-0.05, 0) is 73.0 Å². The minimum absolute atomic E-state index is 0.0106. The van der Waals surface area contributed by atoms with E-state index in [0.29, 0.717) is 22.4 Å². The van der Waals surface area contributed by atoms with E-state index in [1.54, 1.807) is 54.6 Å². The number of nitrogens with one attached hydrogen (secondary N) is 3. The largest absolute Gasteiger partial charge is 0.467 e. The van der Waals surface area contributed by atoms with E-state index in [-0.39, 0.29) is 29.1 Å². The number of benzene rings is 4. The SMILES string of the molecule is COC(=O)C(C)(C)NC(=O)c1ccc(-c2ccccc2C(=O)Nc2ccc(C(=N)N)cc2)c(C(=O)OCc2ccccc2)c1. The average Bonchev–Trinajstić information content (AvgIpc) is 3.03. The lowest BCUT2D eigenvalue weighted by atomic mass is 9.93. The van der Waals surface area contributed by atoms with Gasteiger partial charge in [-0.15, -0.1) is 0 Å². The molecule has 2 amide bonds. The first kappa shape index (κ1) is 31.2. The van der Waals surface area contributed by atoms with E-state index in [1.165, 1.54) is 33.1 Å². The first-order chi connectivity index (χ1) is 21.0. The Bertz CT molecular complexity index is 1720. The molecule has 10 nitrogen and oxygen atoms in total. The average molecular weight is 593 g/mol. The third-order valence-corrected chi connectivity index (χ3v) is 6.75. The van der Waals surface area contributed by atoms with Crippen molar-refractivity contribution in [3.8, 4) is 11.1 Å². The summed E-state index contributed by atoms with van der Waals surface area (Å²) in [5.41, 5.74) is 7.18. The van der Waals surface area contributed by atoms with Crippen molar-refractivity contribution >= 4 is 35.3 Å². The fraction of sp³-hybridized carbons (Fsp3) is 0.147. The summed E-state index contributed by atoms with van der Waals surface area (Å²) in [6, 6.07) is 26.8. The minimum Gasteiger partial charge on any atom is -0.467 e. The van der Waals surface area contributed by atoms with Crippen molar-refractivity contribution in [1.82, 2.24) is 5.32 Å². The van der Waals surface area contributed by atoms with Gasteiger partial charge in [0.2, 0.25) is 0 Å². The molecular formula is C34H32N4O6. The van der Waals surface area contributed by atoms with Gasteiger partial charge in [0.1, 0.15) is 18.0 Å². The molecule has 0 radical (unpaired) electrons. The zero-order chi connectivity index (χ0) is 31.9. The van der Waals surface area contributed by atoms with Crippen molar-refractivity contribution in [2.45, 2.75) is 26.0 Å². The number of anilines is 1. The van der Waals surface area contributed by atoms with Crippen LogP contribution < -0.4 is 16.4 Å². The van der Waals surface area contributed by atoms with E-state index in [1.807, 2.05) is 30.3 Å². The molecule has 4 aromatic rings. The van der Waals surface area contributed by atoms with E-state index in [9.17, 15) is 19.2 Å². The number of ether oxygens (including phenoxy) is 2. The second kappa shape index (κ2) is 13.5. The maximum atomic E-state index is 13.5. The fourth-order valence-electron chi connectivity index (χ4n) is 4.40. The molecule has 0 aliphatic heterocycles. The summed E-state index contributed by atoms with van der Waals surface area (Å²) in [5, 5.41) is 13.0. The van der Waals surface area contributed by atoms with Crippen LogP contribution in [-0.2, 0) is 20.9 Å². The minimum atomic E-state index is -1.33. The normalized spacial score (nSPS) is 10.8. The number of carbonyl (C=O) groups is 4. The third kappa shape index (κ3) is 7.35. The van der Waals surface area contributed by atoms with E-state index in [4.69, 9.17) is 20.6 Å². The summed E-state index contributed by atoms with van der Waals surface area (Å²) < 4.78 is 10.4. The van der Waals surface area contributed by atoms with Crippen LogP contribution in [0.25, 0.3) is 11.1 Å². The Morgan fingerprint density at radius 2 is 1.39 bits per heavy atom. The highest BCUT2D eigenvalue weighted by Gasteiger charge is 2.31. The highest BCUT2D eigenvalue weighted by atomic mass is 16.5. The van der Waals surface area contributed by atoms with Gasteiger partial charge in [-0.2, -0.15) is 0 Å². The molecule has 4 aromatic carbocycles. The Morgan fingerprint density at radius 3 is 2.05 bits per heavy atom. The highest BCUT2D eigenvalue weighted by Crippen LogP contribution is 2.30. The van der Waals surface area contributed by atoms with Gasteiger partial charge in [-0.3, -0.25) is 15.0 Å². The van der Waals surface area contributed by atoms with Crippen molar-refractivity contribution in [2.24, 2.45) is 5.73 Å². The smallest absolute Gasteiger partial charge is 0.339 e. The van der Waals surface area contributed by atoms with Crippen molar-refractivity contribution in [1.29, 1.82) is 5.41 Å². The Kier molecular flexibility index (Phi) is 9.54. The topological polar surface area (TPSA) is 161 Å². The summed E-state index contributed by atoms with van der Waals surface area (Å²) in [4.78, 5) is 52.3.